The van der Waals surface area contributed by atoms with Crippen molar-refractivity contribution in [1.29, 1.82) is 0 Å². The molecule has 0 amide bonds. The van der Waals surface area contributed by atoms with E-state index in [2.05, 4.69) is 133 Å². The Labute approximate surface area is 242 Å². The first-order valence-corrected chi connectivity index (χ1v) is 14.2. The Balaban J connectivity index is 1.48. The van der Waals surface area contributed by atoms with Gasteiger partial charge in [-0.15, -0.1) is 0 Å². The maximum absolute atomic E-state index is 6.72. The van der Waals surface area contributed by atoms with Crippen LogP contribution in [0.3, 0.4) is 0 Å². The standard InChI is InChI=1S/C38H36N2O/c1-37(2,3)30-17-28(35-21-26-12-7-8-13-27(26)24-40-35)19-32(22-30)41-33-20-29(18-31(23-33)38(4,5)6)36-34-14-10-9-11-25(34)15-16-39-36/h7-24H,1-6H3. The number of aromatic nitrogens is 2. The van der Waals surface area contributed by atoms with Crippen molar-refractivity contribution in [2.45, 2.75) is 52.4 Å². The molecule has 0 bridgehead atoms. The minimum absolute atomic E-state index is 0.0593. The average molecular weight is 537 g/mol. The summed E-state index contributed by atoms with van der Waals surface area (Å²) in [5.74, 6) is 1.59. The van der Waals surface area contributed by atoms with Gasteiger partial charge in [-0.05, 0) is 81.3 Å². The molecular weight excluding hydrogens is 500 g/mol. The van der Waals surface area contributed by atoms with E-state index in [0.717, 1.165) is 44.8 Å². The number of rotatable bonds is 4. The number of fused-ring (bicyclic) bond motifs is 2. The van der Waals surface area contributed by atoms with Gasteiger partial charge in [0.1, 0.15) is 11.5 Å². The van der Waals surface area contributed by atoms with Gasteiger partial charge in [0.15, 0.2) is 0 Å². The van der Waals surface area contributed by atoms with Crippen LogP contribution >= 0.6 is 0 Å². The van der Waals surface area contributed by atoms with Gasteiger partial charge in [0.05, 0.1) is 11.4 Å². The van der Waals surface area contributed by atoms with E-state index in [-0.39, 0.29) is 10.8 Å². The summed E-state index contributed by atoms with van der Waals surface area (Å²) in [5, 5.41) is 4.61. The molecule has 0 aliphatic heterocycles. The first kappa shape index (κ1) is 26.7. The molecule has 0 fully saturated rings. The predicted molar refractivity (Wildman–Crippen MR) is 172 cm³/mol. The van der Waals surface area contributed by atoms with E-state index in [4.69, 9.17) is 14.7 Å². The third-order valence-electron chi connectivity index (χ3n) is 7.65. The first-order valence-electron chi connectivity index (χ1n) is 14.2. The summed E-state index contributed by atoms with van der Waals surface area (Å²) in [6.45, 7) is 13.4. The van der Waals surface area contributed by atoms with Crippen LogP contribution in [-0.2, 0) is 10.8 Å². The first-order chi connectivity index (χ1) is 19.5. The lowest BCUT2D eigenvalue weighted by atomic mass is 9.85. The highest BCUT2D eigenvalue weighted by Crippen LogP contribution is 2.38. The molecule has 3 heteroatoms. The fourth-order valence-corrected chi connectivity index (χ4v) is 5.19. The molecule has 0 unspecified atom stereocenters. The van der Waals surface area contributed by atoms with Crippen molar-refractivity contribution in [2.75, 3.05) is 0 Å². The van der Waals surface area contributed by atoms with Gasteiger partial charge in [-0.2, -0.15) is 0 Å². The van der Waals surface area contributed by atoms with E-state index in [9.17, 15) is 0 Å². The smallest absolute Gasteiger partial charge is 0.128 e. The van der Waals surface area contributed by atoms with Crippen molar-refractivity contribution in [3.05, 3.63) is 121 Å². The second kappa shape index (κ2) is 10.2. The monoisotopic (exact) mass is 536 g/mol. The molecule has 0 atom stereocenters. The molecule has 0 saturated heterocycles. The molecule has 2 aromatic heterocycles. The molecule has 41 heavy (non-hydrogen) atoms. The Hall–Kier alpha value is -4.50. The molecule has 0 spiro atoms. The lowest BCUT2D eigenvalue weighted by molar-refractivity contribution is 0.475. The van der Waals surface area contributed by atoms with Gasteiger partial charge >= 0.3 is 0 Å². The van der Waals surface area contributed by atoms with E-state index in [1.807, 2.05) is 18.5 Å². The largest absolute Gasteiger partial charge is 0.457 e. The molecule has 0 radical (unpaired) electrons. The zero-order chi connectivity index (χ0) is 28.8. The Bertz CT molecular complexity index is 1880. The molecule has 0 aliphatic rings. The van der Waals surface area contributed by atoms with Crippen LogP contribution in [0.2, 0.25) is 0 Å². The molecule has 0 saturated carbocycles. The Morgan fingerprint density at radius 1 is 0.537 bits per heavy atom. The van der Waals surface area contributed by atoms with E-state index >= 15 is 0 Å². The van der Waals surface area contributed by atoms with Gasteiger partial charge in [-0.1, -0.05) is 90.1 Å². The summed E-state index contributed by atoms with van der Waals surface area (Å²) in [6.07, 6.45) is 3.84. The van der Waals surface area contributed by atoms with Crippen LogP contribution in [0.1, 0.15) is 52.7 Å². The Morgan fingerprint density at radius 2 is 1.12 bits per heavy atom. The van der Waals surface area contributed by atoms with Crippen LogP contribution in [0.15, 0.2) is 109 Å². The van der Waals surface area contributed by atoms with E-state index in [1.54, 1.807) is 0 Å². The third-order valence-corrected chi connectivity index (χ3v) is 7.65. The number of hydrogen-bond donors (Lipinski definition) is 0. The predicted octanol–water partition coefficient (Wildman–Crippen LogP) is 10.5. The third kappa shape index (κ3) is 5.58. The molecule has 204 valence electrons. The van der Waals surface area contributed by atoms with E-state index < -0.39 is 0 Å². The lowest BCUT2D eigenvalue weighted by Crippen LogP contribution is -2.12. The number of nitrogens with zero attached hydrogens (tertiary/aromatic N) is 2. The van der Waals surface area contributed by atoms with Gasteiger partial charge in [0.2, 0.25) is 0 Å². The second-order valence-electron chi connectivity index (χ2n) is 12.9. The van der Waals surface area contributed by atoms with Crippen molar-refractivity contribution < 1.29 is 4.74 Å². The maximum atomic E-state index is 6.72. The summed E-state index contributed by atoms with van der Waals surface area (Å²) in [4.78, 5) is 9.62. The highest BCUT2D eigenvalue weighted by molar-refractivity contribution is 5.94. The second-order valence-corrected chi connectivity index (χ2v) is 12.9. The Morgan fingerprint density at radius 3 is 1.80 bits per heavy atom. The molecule has 6 rings (SSSR count). The number of ether oxygens (including phenoxy) is 1. The minimum Gasteiger partial charge on any atom is -0.457 e. The summed E-state index contributed by atoms with van der Waals surface area (Å²) in [5.41, 5.74) is 6.26. The SMILES string of the molecule is CC(C)(C)c1cc(Oc2cc(-c3nccc4ccccc34)cc(C(C)(C)C)c2)cc(-c2cc3ccccc3cn2)c1. The molecule has 3 nitrogen and oxygen atoms in total. The topological polar surface area (TPSA) is 35.0 Å². The van der Waals surface area contributed by atoms with Crippen LogP contribution in [0, 0.1) is 0 Å². The molecule has 6 aromatic rings. The van der Waals surface area contributed by atoms with Crippen LogP contribution in [0.5, 0.6) is 11.5 Å². The van der Waals surface area contributed by atoms with Crippen LogP contribution in [0.4, 0.5) is 0 Å². The van der Waals surface area contributed by atoms with Crippen LogP contribution in [-0.4, -0.2) is 9.97 Å². The normalized spacial score (nSPS) is 12.1. The van der Waals surface area contributed by atoms with Gasteiger partial charge in [0, 0.05) is 34.3 Å². The minimum atomic E-state index is -0.0634. The van der Waals surface area contributed by atoms with Crippen molar-refractivity contribution >= 4 is 21.5 Å². The van der Waals surface area contributed by atoms with Crippen molar-refractivity contribution in [2.24, 2.45) is 0 Å². The highest BCUT2D eigenvalue weighted by atomic mass is 16.5. The van der Waals surface area contributed by atoms with E-state index in [1.165, 1.54) is 21.9 Å². The number of hydrogen-bond acceptors (Lipinski definition) is 3. The Kier molecular flexibility index (Phi) is 6.62. The van der Waals surface area contributed by atoms with Crippen molar-refractivity contribution in [3.8, 4) is 34.0 Å². The molecular formula is C38H36N2O. The fraction of sp³-hybridized carbons (Fsp3) is 0.211. The summed E-state index contributed by atoms with van der Waals surface area (Å²) >= 11 is 0. The molecule has 0 aliphatic carbocycles. The zero-order valence-corrected chi connectivity index (χ0v) is 24.7. The quantitative estimate of drug-likeness (QED) is 0.225. The van der Waals surface area contributed by atoms with Gasteiger partial charge < -0.3 is 4.74 Å². The molecule has 4 aromatic carbocycles. The summed E-state index contributed by atoms with van der Waals surface area (Å²) < 4.78 is 6.72. The maximum Gasteiger partial charge on any atom is 0.128 e. The fourth-order valence-electron chi connectivity index (χ4n) is 5.19. The molecule has 2 heterocycles. The van der Waals surface area contributed by atoms with Crippen molar-refractivity contribution in [3.63, 3.8) is 0 Å². The zero-order valence-electron chi connectivity index (χ0n) is 24.7. The highest BCUT2D eigenvalue weighted by Gasteiger charge is 2.20. The van der Waals surface area contributed by atoms with E-state index in [0.29, 0.717) is 0 Å². The number of pyridine rings is 2. The van der Waals surface area contributed by atoms with Gasteiger partial charge in [0.25, 0.3) is 0 Å². The molecule has 0 N–H and O–H groups in total. The van der Waals surface area contributed by atoms with Gasteiger partial charge in [-0.3, -0.25) is 9.97 Å². The van der Waals surface area contributed by atoms with Gasteiger partial charge in [-0.25, -0.2) is 0 Å². The van der Waals surface area contributed by atoms with Crippen molar-refractivity contribution in [1.82, 2.24) is 9.97 Å². The number of benzene rings is 4. The average Bonchev–Trinajstić information content (AvgIpc) is 2.95. The summed E-state index contributed by atoms with van der Waals surface area (Å²) in [6, 6.07) is 34.0. The van der Waals surface area contributed by atoms with Crippen LogP contribution < -0.4 is 4.74 Å². The summed E-state index contributed by atoms with van der Waals surface area (Å²) in [7, 11) is 0. The lowest BCUT2D eigenvalue weighted by Gasteiger charge is -2.23. The van der Waals surface area contributed by atoms with Crippen LogP contribution in [0.25, 0.3) is 44.1 Å².